The second kappa shape index (κ2) is 16.5. The predicted octanol–water partition coefficient (Wildman–Crippen LogP) is 3.45. The predicted molar refractivity (Wildman–Crippen MR) is 216 cm³/mol. The number of aliphatic hydroxyl groups is 1. The molecule has 0 spiro atoms. The first-order chi connectivity index (χ1) is 28.6. The number of aliphatic hydroxyl groups excluding tert-OH is 1. The van der Waals surface area contributed by atoms with Gasteiger partial charge in [0, 0.05) is 57.7 Å². The summed E-state index contributed by atoms with van der Waals surface area (Å²) in [6.45, 7) is -0.199. The fourth-order valence-electron chi connectivity index (χ4n) is 8.97. The first-order valence-electron chi connectivity index (χ1n) is 19.8. The van der Waals surface area contributed by atoms with Crippen molar-refractivity contribution in [2.45, 2.75) is 61.7 Å². The number of rotatable bonds is 13. The molecule has 13 heteroatoms. The molecule has 4 aliphatic rings. The van der Waals surface area contributed by atoms with Crippen molar-refractivity contribution in [3.63, 3.8) is 0 Å². The molecule has 3 heterocycles. The molecule has 2 N–H and O–H groups in total. The van der Waals surface area contributed by atoms with Crippen LogP contribution >= 0.6 is 0 Å². The number of benzene rings is 4. The average molecular weight is 801 g/mol. The van der Waals surface area contributed by atoms with Crippen LogP contribution in [-0.4, -0.2) is 114 Å². The van der Waals surface area contributed by atoms with Crippen LogP contribution in [0.4, 0.5) is 0 Å². The van der Waals surface area contributed by atoms with Crippen LogP contribution in [0.2, 0.25) is 0 Å². The van der Waals surface area contributed by atoms with E-state index in [0.29, 0.717) is 11.1 Å². The van der Waals surface area contributed by atoms with Crippen LogP contribution in [0.15, 0.2) is 121 Å². The number of carbonyl (C=O) groups is 4. The Morgan fingerprint density at radius 3 is 2.14 bits per heavy atom. The summed E-state index contributed by atoms with van der Waals surface area (Å²) in [7, 11) is 4.92. The third kappa shape index (κ3) is 7.34. The maximum atomic E-state index is 15.6. The maximum absolute atomic E-state index is 15.6. The van der Waals surface area contributed by atoms with Crippen LogP contribution in [-0.2, 0) is 57.0 Å². The van der Waals surface area contributed by atoms with Gasteiger partial charge in [0.15, 0.2) is 6.04 Å². The van der Waals surface area contributed by atoms with Gasteiger partial charge in [-0.05, 0) is 22.8 Å². The molecule has 7 unspecified atom stereocenters. The molecule has 1 saturated carbocycles. The van der Waals surface area contributed by atoms with Crippen LogP contribution in [0.3, 0.4) is 0 Å². The lowest BCUT2D eigenvalue weighted by Gasteiger charge is -2.50. The van der Waals surface area contributed by atoms with E-state index < -0.39 is 65.5 Å². The summed E-state index contributed by atoms with van der Waals surface area (Å²) in [5.41, 5.74) is 2.18. The number of amides is 3. The molecule has 4 aromatic rings. The van der Waals surface area contributed by atoms with Gasteiger partial charge in [-0.1, -0.05) is 115 Å². The van der Waals surface area contributed by atoms with Gasteiger partial charge in [-0.25, -0.2) is 0 Å². The molecule has 4 fully saturated rings. The summed E-state index contributed by atoms with van der Waals surface area (Å²) in [5, 5.41) is 13.9. The Kier molecular flexibility index (Phi) is 11.2. The number of carbonyl (C=O) groups excluding carboxylic acids is 4. The van der Waals surface area contributed by atoms with Crippen molar-refractivity contribution in [1.82, 2.24) is 20.2 Å². The van der Waals surface area contributed by atoms with Gasteiger partial charge in [0.25, 0.3) is 0 Å². The molecule has 0 aromatic heterocycles. The van der Waals surface area contributed by atoms with Gasteiger partial charge < -0.3 is 34.4 Å². The number of nitrogens with one attached hydrogen (secondary N) is 1. The molecule has 0 radical (unpaired) electrons. The largest absolute Gasteiger partial charge is 0.458 e. The fourth-order valence-corrected chi connectivity index (χ4v) is 8.97. The number of esters is 1. The Morgan fingerprint density at radius 1 is 0.864 bits per heavy atom. The van der Waals surface area contributed by atoms with Crippen molar-refractivity contribution >= 4 is 29.8 Å². The van der Waals surface area contributed by atoms with Crippen molar-refractivity contribution in [2.75, 3.05) is 34.3 Å². The Hall–Kier alpha value is -5.70. The van der Waals surface area contributed by atoms with E-state index >= 15 is 4.79 Å². The van der Waals surface area contributed by atoms with Gasteiger partial charge in [0.1, 0.15) is 35.9 Å². The van der Waals surface area contributed by atoms with E-state index in [-0.39, 0.29) is 38.4 Å². The van der Waals surface area contributed by atoms with Crippen molar-refractivity contribution in [2.24, 2.45) is 5.41 Å². The molecule has 59 heavy (non-hydrogen) atoms. The second-order valence-corrected chi connectivity index (χ2v) is 15.7. The number of hydrogen-bond donors (Lipinski definition) is 2. The van der Waals surface area contributed by atoms with Crippen molar-refractivity contribution < 1.29 is 43.3 Å². The van der Waals surface area contributed by atoms with Gasteiger partial charge in [0.2, 0.25) is 23.5 Å². The lowest BCUT2D eigenvalue weighted by atomic mass is 9.62. The third-order valence-corrected chi connectivity index (χ3v) is 11.8. The summed E-state index contributed by atoms with van der Waals surface area (Å²) in [4.78, 5) is 66.2. The van der Waals surface area contributed by atoms with E-state index in [1.54, 1.807) is 27.2 Å². The summed E-state index contributed by atoms with van der Waals surface area (Å²) in [6, 6.07) is 33.6. The van der Waals surface area contributed by atoms with Gasteiger partial charge in [0.05, 0.1) is 13.2 Å². The van der Waals surface area contributed by atoms with Gasteiger partial charge in [-0.3, -0.25) is 24.0 Å². The zero-order valence-corrected chi connectivity index (χ0v) is 33.2. The first-order valence-corrected chi connectivity index (χ1v) is 19.8. The molecule has 4 aromatic carbocycles. The highest BCUT2D eigenvalue weighted by Gasteiger charge is 2.77. The molecule has 8 rings (SSSR count). The third-order valence-electron chi connectivity index (χ3n) is 11.8. The van der Waals surface area contributed by atoms with E-state index in [0.717, 1.165) is 16.7 Å². The summed E-state index contributed by atoms with van der Waals surface area (Å²) < 4.78 is 20.4. The molecule has 13 nitrogen and oxygen atoms in total. The number of likely N-dealkylation sites (N-methyl/N-ethyl adjacent to an activating group) is 2. The molecule has 306 valence electrons. The molecule has 7 atom stereocenters. The molecule has 3 amide bonds. The standard InChI is InChI=1S/C46H48N4O9/c1-48(2)37(52)23-22-31-16-13-17-32(26-31)29-50-40-43(54)56-36-28-45(40,44(55)49(3)35(42(53)47-24-25-51)27-30-14-7-4-8-15-30)41(59-50)39-38(36)57-46(58-39,33-18-9-5-10-19-33)34-20-11-6-12-21-34/h4-23,26,35-36,38-41,51H,24-25,27-29H2,1-3H3,(H,47,53). The van der Waals surface area contributed by atoms with Gasteiger partial charge in [-0.2, -0.15) is 5.06 Å². The summed E-state index contributed by atoms with van der Waals surface area (Å²) >= 11 is 0. The van der Waals surface area contributed by atoms with E-state index in [9.17, 15) is 19.5 Å². The summed E-state index contributed by atoms with van der Waals surface area (Å²) in [5.74, 6) is -3.18. The minimum atomic E-state index is -1.58. The highest BCUT2D eigenvalue weighted by molar-refractivity contribution is 5.96. The fraction of sp³-hybridized carbons (Fsp3) is 0.348. The van der Waals surface area contributed by atoms with E-state index in [4.69, 9.17) is 19.0 Å². The SMILES string of the molecule is CN(C)C(=O)C=Cc1cccc(CN2OC3C4OC(c5ccccc5)(c5ccccc5)OC4C4CC3(C(=O)N(C)C(Cc3ccccc3)C(=O)NCCO)C2C(=O)O4)c1. The zero-order valence-electron chi connectivity index (χ0n) is 33.2. The van der Waals surface area contributed by atoms with Crippen LogP contribution in [0.5, 0.6) is 0 Å². The van der Waals surface area contributed by atoms with Gasteiger partial charge in [-0.15, -0.1) is 0 Å². The normalized spacial score (nSPS) is 25.8. The monoisotopic (exact) mass is 800 g/mol. The summed E-state index contributed by atoms with van der Waals surface area (Å²) in [6.07, 6.45) is -0.263. The minimum Gasteiger partial charge on any atom is -0.458 e. The smallest absolute Gasteiger partial charge is 0.327 e. The van der Waals surface area contributed by atoms with E-state index in [1.165, 1.54) is 20.9 Å². The van der Waals surface area contributed by atoms with E-state index in [2.05, 4.69) is 5.32 Å². The van der Waals surface area contributed by atoms with Crippen LogP contribution in [0.1, 0.15) is 34.2 Å². The molecular weight excluding hydrogens is 753 g/mol. The van der Waals surface area contributed by atoms with Crippen LogP contribution in [0.25, 0.3) is 6.08 Å². The molecule has 3 aliphatic heterocycles. The van der Waals surface area contributed by atoms with Crippen molar-refractivity contribution in [3.05, 3.63) is 149 Å². The Balaban J connectivity index is 1.22. The average Bonchev–Trinajstić information content (AvgIpc) is 3.84. The topological polar surface area (TPSA) is 147 Å². The van der Waals surface area contributed by atoms with Gasteiger partial charge >= 0.3 is 5.97 Å². The van der Waals surface area contributed by atoms with Crippen LogP contribution < -0.4 is 5.32 Å². The minimum absolute atomic E-state index is 0.00137. The highest BCUT2D eigenvalue weighted by Crippen LogP contribution is 2.59. The van der Waals surface area contributed by atoms with E-state index in [1.807, 2.05) is 115 Å². The number of fused-ring (bicyclic) bond motifs is 4. The Labute approximate surface area is 343 Å². The number of hydroxylamine groups is 2. The lowest BCUT2D eigenvalue weighted by molar-refractivity contribution is -0.214. The molecule has 1 aliphatic carbocycles. The number of ether oxygens (including phenoxy) is 3. The van der Waals surface area contributed by atoms with Crippen LogP contribution in [0, 0.1) is 5.41 Å². The second-order valence-electron chi connectivity index (χ2n) is 15.7. The zero-order chi connectivity index (χ0) is 41.3. The van der Waals surface area contributed by atoms with Crippen molar-refractivity contribution in [1.29, 1.82) is 0 Å². The number of hydrogen-bond acceptors (Lipinski definition) is 10. The number of nitrogens with zero attached hydrogens (tertiary/aromatic N) is 3. The molecular formula is C46H48N4O9. The molecule has 2 bridgehead atoms. The lowest BCUT2D eigenvalue weighted by Crippen LogP contribution is -2.70. The quantitative estimate of drug-likeness (QED) is 0.152. The van der Waals surface area contributed by atoms with Crippen molar-refractivity contribution in [3.8, 4) is 0 Å². The highest BCUT2D eigenvalue weighted by atomic mass is 16.8. The first kappa shape index (κ1) is 40.1. The Bertz CT molecular complexity index is 2160. The Morgan fingerprint density at radius 2 is 1.49 bits per heavy atom. The molecule has 3 saturated heterocycles. The maximum Gasteiger partial charge on any atom is 0.327 e.